The van der Waals surface area contributed by atoms with Gasteiger partial charge >= 0.3 is 0 Å². The van der Waals surface area contributed by atoms with E-state index in [0.29, 0.717) is 5.33 Å². The number of aromatic nitrogens is 2. The summed E-state index contributed by atoms with van der Waals surface area (Å²) in [5.74, 6) is 0.248. The molecule has 1 aromatic rings. The molecule has 0 fully saturated rings. The van der Waals surface area contributed by atoms with E-state index in [0.717, 1.165) is 0 Å². The Kier molecular flexibility index (Phi) is 6.10. The molecule has 4 heteroatoms. The highest BCUT2D eigenvalue weighted by Crippen LogP contribution is 2.17. The monoisotopic (exact) mass is 302 g/mol. The number of hydrogen-bond donors (Lipinski definition) is 1. The van der Waals surface area contributed by atoms with Crippen LogP contribution >= 0.6 is 15.9 Å². The minimum atomic E-state index is -0.177. The lowest BCUT2D eigenvalue weighted by Crippen LogP contribution is -2.20. The second kappa shape index (κ2) is 6.34. The summed E-state index contributed by atoms with van der Waals surface area (Å²) in [5, 5.41) is 0.469. The molecule has 0 aliphatic heterocycles. The number of nitrogens with one attached hydrogen (secondary N) is 1. The smallest absolute Gasteiger partial charge is 0.148 e. The number of Topliss-reactive ketones (excluding diaryl/α,β-unsaturated/α-hetero) is 1. The highest BCUT2D eigenvalue weighted by molar-refractivity contribution is 9.09. The van der Waals surface area contributed by atoms with Gasteiger partial charge in [-0.2, -0.15) is 0 Å². The molecule has 0 saturated carbocycles. The second-order valence-corrected chi connectivity index (χ2v) is 6.58. The van der Waals surface area contributed by atoms with Gasteiger partial charge in [0.1, 0.15) is 5.78 Å². The zero-order valence-electron chi connectivity index (χ0n) is 11.6. The van der Waals surface area contributed by atoms with E-state index in [1.54, 1.807) is 6.33 Å². The van der Waals surface area contributed by atoms with Crippen molar-refractivity contribution in [3.05, 3.63) is 18.2 Å². The maximum Gasteiger partial charge on any atom is 0.148 e. The van der Waals surface area contributed by atoms with Gasteiger partial charge in [-0.05, 0) is 0 Å². The third-order valence-electron chi connectivity index (χ3n) is 2.26. The Balaban J connectivity index is 0.000000304. The van der Waals surface area contributed by atoms with Gasteiger partial charge in [-0.25, -0.2) is 4.98 Å². The molecule has 1 heterocycles. The van der Waals surface area contributed by atoms with Crippen LogP contribution in [-0.4, -0.2) is 21.1 Å². The number of carbonyl (C=O) groups is 1. The van der Waals surface area contributed by atoms with E-state index in [1.807, 2.05) is 27.0 Å². The maximum absolute atomic E-state index is 10.8. The summed E-state index contributed by atoms with van der Waals surface area (Å²) < 4.78 is 0. The Labute approximate surface area is 113 Å². The lowest BCUT2D eigenvalue weighted by molar-refractivity contribution is -0.123. The molecule has 0 saturated heterocycles. The molecule has 0 aliphatic carbocycles. The first kappa shape index (κ1) is 16.4. The van der Waals surface area contributed by atoms with Crippen LogP contribution in [0.3, 0.4) is 0 Å². The normalized spacial score (nSPS) is 11.7. The van der Waals surface area contributed by atoms with E-state index in [9.17, 15) is 4.79 Å². The quantitative estimate of drug-likeness (QED) is 0.804. The number of alkyl halides is 1. The fraction of sp³-hybridized carbons (Fsp3) is 0.692. The van der Waals surface area contributed by atoms with Crippen LogP contribution in [0.25, 0.3) is 0 Å². The van der Waals surface area contributed by atoms with Gasteiger partial charge in [-0.1, -0.05) is 57.5 Å². The lowest BCUT2D eigenvalue weighted by Gasteiger charge is -2.14. The van der Waals surface area contributed by atoms with E-state index in [-0.39, 0.29) is 16.6 Å². The summed E-state index contributed by atoms with van der Waals surface area (Å²) in [6.45, 7) is 12.2. The Morgan fingerprint density at radius 2 is 1.82 bits per heavy atom. The van der Waals surface area contributed by atoms with Crippen molar-refractivity contribution in [2.45, 2.75) is 47.0 Å². The van der Waals surface area contributed by atoms with Crippen LogP contribution < -0.4 is 0 Å². The summed E-state index contributed by atoms with van der Waals surface area (Å²) in [6, 6.07) is 0. The van der Waals surface area contributed by atoms with Crippen molar-refractivity contribution in [3.63, 3.8) is 0 Å². The van der Waals surface area contributed by atoms with Gasteiger partial charge in [0, 0.05) is 22.7 Å². The van der Waals surface area contributed by atoms with Crippen molar-refractivity contribution in [1.82, 2.24) is 9.97 Å². The van der Waals surface area contributed by atoms with E-state index < -0.39 is 0 Å². The number of ketones is 1. The molecule has 1 N–H and O–H groups in total. The van der Waals surface area contributed by atoms with E-state index in [4.69, 9.17) is 0 Å². The maximum atomic E-state index is 10.8. The third kappa shape index (κ3) is 6.61. The van der Waals surface area contributed by atoms with Crippen molar-refractivity contribution in [1.29, 1.82) is 0 Å². The Morgan fingerprint density at radius 1 is 1.29 bits per heavy atom. The molecular weight excluding hydrogens is 280 g/mol. The second-order valence-electron chi connectivity index (χ2n) is 6.02. The largest absolute Gasteiger partial charge is 0.348 e. The predicted octanol–water partition coefficient (Wildman–Crippen LogP) is 3.70. The Bertz CT molecular complexity index is 331. The number of H-pyrrole nitrogens is 1. The van der Waals surface area contributed by atoms with Crippen molar-refractivity contribution in [2.75, 3.05) is 5.33 Å². The fourth-order valence-corrected chi connectivity index (χ4v) is 1.71. The standard InChI is InChI=1S/C7H12N2.C6H11BrO/c1-7(2,3)6-4-8-5-9-6;1-6(2,3)5(8)4-7/h4-5H,1-3H3,(H,8,9);4H2,1-3H3. The fourth-order valence-electron chi connectivity index (χ4n) is 0.866. The zero-order chi connectivity index (χ0) is 13.7. The average molecular weight is 303 g/mol. The average Bonchev–Trinajstić information content (AvgIpc) is 2.68. The summed E-state index contributed by atoms with van der Waals surface area (Å²) in [5.41, 5.74) is 1.21. The highest BCUT2D eigenvalue weighted by atomic mass is 79.9. The van der Waals surface area contributed by atoms with E-state index >= 15 is 0 Å². The van der Waals surface area contributed by atoms with Gasteiger partial charge in [0.15, 0.2) is 0 Å². The third-order valence-corrected chi connectivity index (χ3v) is 2.77. The summed E-state index contributed by atoms with van der Waals surface area (Å²) in [4.78, 5) is 17.8. The van der Waals surface area contributed by atoms with Gasteiger partial charge in [0.2, 0.25) is 0 Å². The minimum absolute atomic E-state index is 0.177. The number of aromatic amines is 1. The first-order valence-corrected chi connectivity index (χ1v) is 6.79. The van der Waals surface area contributed by atoms with Crippen LogP contribution in [-0.2, 0) is 10.2 Å². The molecule has 0 bridgehead atoms. The van der Waals surface area contributed by atoms with Crippen LogP contribution in [0.4, 0.5) is 0 Å². The molecular formula is C13H23BrN2O. The van der Waals surface area contributed by atoms with E-state index in [2.05, 4.69) is 46.7 Å². The first-order chi connectivity index (χ1) is 7.59. The molecule has 0 atom stereocenters. The van der Waals surface area contributed by atoms with Gasteiger partial charge in [-0.3, -0.25) is 4.79 Å². The molecule has 0 aliphatic rings. The van der Waals surface area contributed by atoms with Crippen molar-refractivity contribution in [3.8, 4) is 0 Å². The molecule has 1 aromatic heterocycles. The molecule has 1 rings (SSSR count). The Hall–Kier alpha value is -0.640. The topological polar surface area (TPSA) is 45.8 Å². The first-order valence-electron chi connectivity index (χ1n) is 5.67. The molecule has 0 amide bonds. The predicted molar refractivity (Wildman–Crippen MR) is 75.5 cm³/mol. The Morgan fingerprint density at radius 3 is 1.94 bits per heavy atom. The van der Waals surface area contributed by atoms with E-state index in [1.165, 1.54) is 5.69 Å². The van der Waals surface area contributed by atoms with Gasteiger partial charge in [-0.15, -0.1) is 0 Å². The van der Waals surface area contributed by atoms with Gasteiger partial charge in [0.25, 0.3) is 0 Å². The number of halogens is 1. The van der Waals surface area contributed by atoms with Crippen LogP contribution in [0.2, 0.25) is 0 Å². The minimum Gasteiger partial charge on any atom is -0.348 e. The number of rotatable bonds is 1. The number of nitrogens with zero attached hydrogens (tertiary/aromatic N) is 1. The molecule has 17 heavy (non-hydrogen) atoms. The summed E-state index contributed by atoms with van der Waals surface area (Å²) in [6.07, 6.45) is 3.57. The van der Waals surface area contributed by atoms with Gasteiger partial charge in [0.05, 0.1) is 11.7 Å². The summed E-state index contributed by atoms with van der Waals surface area (Å²) in [7, 11) is 0. The van der Waals surface area contributed by atoms with Crippen molar-refractivity contribution in [2.24, 2.45) is 5.41 Å². The molecule has 0 spiro atoms. The van der Waals surface area contributed by atoms with Crippen LogP contribution in [0.1, 0.15) is 47.2 Å². The van der Waals surface area contributed by atoms with Gasteiger partial charge < -0.3 is 4.98 Å². The molecule has 0 unspecified atom stereocenters. The van der Waals surface area contributed by atoms with Crippen molar-refractivity contribution >= 4 is 21.7 Å². The lowest BCUT2D eigenvalue weighted by atomic mass is 9.92. The van der Waals surface area contributed by atoms with Crippen LogP contribution in [0.15, 0.2) is 12.5 Å². The van der Waals surface area contributed by atoms with Crippen LogP contribution in [0.5, 0.6) is 0 Å². The zero-order valence-corrected chi connectivity index (χ0v) is 13.2. The highest BCUT2D eigenvalue weighted by Gasteiger charge is 2.18. The van der Waals surface area contributed by atoms with Crippen LogP contribution in [0, 0.1) is 5.41 Å². The summed E-state index contributed by atoms with van der Waals surface area (Å²) >= 11 is 3.10. The number of hydrogen-bond acceptors (Lipinski definition) is 2. The molecule has 0 radical (unpaired) electrons. The number of imidazole rings is 1. The molecule has 3 nitrogen and oxygen atoms in total. The molecule has 0 aromatic carbocycles. The number of carbonyl (C=O) groups excluding carboxylic acids is 1. The molecule has 98 valence electrons. The SMILES string of the molecule is CC(C)(C)C(=O)CBr.CC(C)(C)c1cnc[nH]1. The van der Waals surface area contributed by atoms with Crippen molar-refractivity contribution < 1.29 is 4.79 Å².